The first kappa shape index (κ1) is 23.7. The molecule has 0 aliphatic rings. The van der Waals surface area contributed by atoms with E-state index in [-0.39, 0.29) is 0 Å². The predicted octanol–water partition coefficient (Wildman–Crippen LogP) is 6.36. The third-order valence-electron chi connectivity index (χ3n) is 6.44. The molecule has 3 heteroatoms. The van der Waals surface area contributed by atoms with Crippen molar-refractivity contribution in [2.45, 2.75) is 19.4 Å². The van der Waals surface area contributed by atoms with Crippen LogP contribution in [0.2, 0.25) is 0 Å². The summed E-state index contributed by atoms with van der Waals surface area (Å²) in [6, 6.07) is 36.1. The van der Waals surface area contributed by atoms with Crippen molar-refractivity contribution in [2.24, 2.45) is 0 Å². The molecule has 0 saturated heterocycles. The number of aliphatic hydroxyl groups is 1. The van der Waals surface area contributed by atoms with Crippen LogP contribution in [0.15, 0.2) is 109 Å². The minimum absolute atomic E-state index is 0.644. The van der Waals surface area contributed by atoms with Gasteiger partial charge in [0.05, 0.1) is 0 Å². The average Bonchev–Trinajstić information content (AvgIpc) is 2.92. The molecule has 3 nitrogen and oxygen atoms in total. The minimum atomic E-state index is -1.27. The lowest BCUT2D eigenvalue weighted by Crippen LogP contribution is -2.29. The molecule has 1 N–H and O–H groups in total. The van der Waals surface area contributed by atoms with E-state index in [0.29, 0.717) is 6.61 Å². The highest BCUT2D eigenvalue weighted by atomic mass is 16.5. The second kappa shape index (κ2) is 11.1. The molecule has 1 atom stereocenters. The maximum absolute atomic E-state index is 12.1. The van der Waals surface area contributed by atoms with E-state index in [2.05, 4.69) is 43.0 Å². The van der Waals surface area contributed by atoms with E-state index < -0.39 is 5.60 Å². The largest absolute Gasteiger partial charge is 0.492 e. The molecule has 0 aliphatic carbocycles. The zero-order valence-corrected chi connectivity index (χ0v) is 20.0. The van der Waals surface area contributed by atoms with Crippen LogP contribution in [0, 0.1) is 0 Å². The Morgan fingerprint density at radius 3 is 1.65 bits per heavy atom. The fourth-order valence-corrected chi connectivity index (χ4v) is 4.34. The van der Waals surface area contributed by atoms with Gasteiger partial charge in [-0.05, 0) is 53.0 Å². The Morgan fingerprint density at radius 1 is 0.618 bits per heavy atom. The van der Waals surface area contributed by atoms with Gasteiger partial charge in [0.1, 0.15) is 18.0 Å². The summed E-state index contributed by atoms with van der Waals surface area (Å²) in [4.78, 5) is 2.33. The molecule has 4 aromatic carbocycles. The van der Waals surface area contributed by atoms with Crippen LogP contribution < -0.4 is 4.74 Å². The molecule has 4 rings (SSSR count). The van der Waals surface area contributed by atoms with Crippen molar-refractivity contribution in [3.05, 3.63) is 126 Å². The van der Waals surface area contributed by atoms with Gasteiger partial charge in [0.2, 0.25) is 0 Å². The van der Waals surface area contributed by atoms with Gasteiger partial charge in [0.25, 0.3) is 0 Å². The number of nitrogens with zero attached hydrogens (tertiary/aromatic N) is 1. The topological polar surface area (TPSA) is 32.7 Å². The molecule has 0 spiro atoms. The average molecular weight is 452 g/mol. The van der Waals surface area contributed by atoms with Crippen LogP contribution in [0.25, 0.3) is 11.1 Å². The Labute approximate surface area is 203 Å². The highest BCUT2D eigenvalue weighted by molar-refractivity contribution is 5.64. The maximum Gasteiger partial charge on any atom is 0.140 e. The van der Waals surface area contributed by atoms with E-state index in [1.807, 2.05) is 84.9 Å². The van der Waals surface area contributed by atoms with E-state index in [4.69, 9.17) is 4.74 Å². The maximum atomic E-state index is 12.1. The Balaban J connectivity index is 1.62. The number of hydrogen-bond acceptors (Lipinski definition) is 3. The van der Waals surface area contributed by atoms with Crippen LogP contribution in [0.3, 0.4) is 0 Å². The Kier molecular flexibility index (Phi) is 7.79. The lowest BCUT2D eigenvalue weighted by Gasteiger charge is -2.30. The summed E-state index contributed by atoms with van der Waals surface area (Å²) in [6.45, 7) is 7.91. The first-order valence-corrected chi connectivity index (χ1v) is 12.0. The molecule has 0 heterocycles. The number of benzene rings is 4. The normalized spacial score (nSPS) is 12.9. The first-order chi connectivity index (χ1) is 16.6. The van der Waals surface area contributed by atoms with Gasteiger partial charge in [-0.1, -0.05) is 111 Å². The van der Waals surface area contributed by atoms with Gasteiger partial charge in [0, 0.05) is 6.54 Å². The smallest absolute Gasteiger partial charge is 0.140 e. The second-order valence-electron chi connectivity index (χ2n) is 8.42. The third-order valence-corrected chi connectivity index (χ3v) is 6.44. The van der Waals surface area contributed by atoms with E-state index in [1.165, 1.54) is 0 Å². The summed E-state index contributed by atoms with van der Waals surface area (Å²) >= 11 is 0. The van der Waals surface area contributed by atoms with Crippen LogP contribution in [0.1, 0.15) is 30.5 Å². The zero-order valence-electron chi connectivity index (χ0n) is 20.0. The summed E-state index contributed by atoms with van der Waals surface area (Å²) in [5, 5.41) is 12.1. The monoisotopic (exact) mass is 451 g/mol. The van der Waals surface area contributed by atoms with E-state index in [1.54, 1.807) is 0 Å². The molecule has 0 radical (unpaired) electrons. The van der Waals surface area contributed by atoms with Crippen molar-refractivity contribution in [1.82, 2.24) is 4.90 Å². The molecule has 0 aromatic heterocycles. The fraction of sp³-hybridized carbons (Fsp3) is 0.226. The van der Waals surface area contributed by atoms with Crippen LogP contribution in [-0.2, 0) is 5.60 Å². The van der Waals surface area contributed by atoms with Gasteiger partial charge in [0.15, 0.2) is 0 Å². The van der Waals surface area contributed by atoms with Gasteiger partial charge in [-0.2, -0.15) is 0 Å². The van der Waals surface area contributed by atoms with Gasteiger partial charge in [-0.15, -0.1) is 0 Å². The highest BCUT2D eigenvalue weighted by Gasteiger charge is 2.33. The van der Waals surface area contributed by atoms with Crippen LogP contribution in [0.4, 0.5) is 0 Å². The first-order valence-electron chi connectivity index (χ1n) is 12.0. The molecular formula is C31H33NO2. The van der Waals surface area contributed by atoms with Crippen LogP contribution >= 0.6 is 0 Å². The fourth-order valence-electron chi connectivity index (χ4n) is 4.34. The van der Waals surface area contributed by atoms with Crippen molar-refractivity contribution in [1.29, 1.82) is 0 Å². The lowest BCUT2D eigenvalue weighted by molar-refractivity contribution is 0.125. The highest BCUT2D eigenvalue weighted by Crippen LogP contribution is 2.38. The number of ether oxygens (including phenoxy) is 1. The summed E-state index contributed by atoms with van der Waals surface area (Å²) in [6.07, 6.45) is 0. The Morgan fingerprint density at radius 2 is 1.09 bits per heavy atom. The molecule has 0 bridgehead atoms. The predicted molar refractivity (Wildman–Crippen MR) is 140 cm³/mol. The molecule has 0 aliphatic heterocycles. The molecule has 0 saturated carbocycles. The van der Waals surface area contributed by atoms with Crippen molar-refractivity contribution in [3.8, 4) is 16.9 Å². The quantitative estimate of drug-likeness (QED) is 0.285. The van der Waals surface area contributed by atoms with Gasteiger partial charge >= 0.3 is 0 Å². The second-order valence-corrected chi connectivity index (χ2v) is 8.42. The number of hydrogen-bond donors (Lipinski definition) is 1. The van der Waals surface area contributed by atoms with E-state index >= 15 is 0 Å². The summed E-state index contributed by atoms with van der Waals surface area (Å²) < 4.78 is 5.96. The molecule has 0 fully saturated rings. The zero-order chi connectivity index (χ0) is 23.8. The molecule has 174 valence electrons. The van der Waals surface area contributed by atoms with Crippen molar-refractivity contribution in [3.63, 3.8) is 0 Å². The number of rotatable bonds is 10. The van der Waals surface area contributed by atoms with E-state index in [9.17, 15) is 5.11 Å². The molecule has 1 unspecified atom stereocenters. The summed E-state index contributed by atoms with van der Waals surface area (Å²) in [5.74, 6) is 0.811. The van der Waals surface area contributed by atoms with Gasteiger partial charge < -0.3 is 14.7 Å². The Hall–Kier alpha value is -3.40. The standard InChI is InChI=1S/C31H33NO2/c1-3-32(4-2)23-24-34-30-21-19-29(20-22-30)31(33,27-13-9-6-10-14-27)28-17-15-26(16-18-28)25-11-7-5-8-12-25/h5-22,33H,3-4,23-24H2,1-2H3. The lowest BCUT2D eigenvalue weighted by atomic mass is 9.80. The number of likely N-dealkylation sites (N-methyl/N-ethyl adjacent to an activating group) is 1. The summed E-state index contributed by atoms with van der Waals surface area (Å²) in [5.41, 5.74) is 3.48. The SMILES string of the molecule is CCN(CC)CCOc1ccc(C(O)(c2ccccc2)c2ccc(-c3ccccc3)cc2)cc1. The Bertz CT molecular complexity index is 1140. The van der Waals surface area contributed by atoms with Crippen molar-refractivity contribution in [2.75, 3.05) is 26.2 Å². The third kappa shape index (κ3) is 5.22. The van der Waals surface area contributed by atoms with E-state index in [0.717, 1.165) is 53.2 Å². The van der Waals surface area contributed by atoms with Crippen molar-refractivity contribution < 1.29 is 9.84 Å². The molecular weight excluding hydrogens is 418 g/mol. The molecule has 34 heavy (non-hydrogen) atoms. The van der Waals surface area contributed by atoms with Gasteiger partial charge in [-0.3, -0.25) is 0 Å². The van der Waals surface area contributed by atoms with Crippen molar-refractivity contribution >= 4 is 0 Å². The van der Waals surface area contributed by atoms with Crippen LogP contribution in [-0.4, -0.2) is 36.2 Å². The summed E-state index contributed by atoms with van der Waals surface area (Å²) in [7, 11) is 0. The molecule has 0 amide bonds. The molecule has 4 aromatic rings. The minimum Gasteiger partial charge on any atom is -0.492 e. The van der Waals surface area contributed by atoms with Crippen LogP contribution in [0.5, 0.6) is 5.75 Å². The van der Waals surface area contributed by atoms with Gasteiger partial charge in [-0.25, -0.2) is 0 Å².